The summed E-state index contributed by atoms with van der Waals surface area (Å²) in [5.74, 6) is -0.736. The number of aliphatic carboxylic acids is 1. The quantitative estimate of drug-likeness (QED) is 0.487. The number of unbranched alkanes of at least 4 members (excludes halogenated alkanes) is 4. The first kappa shape index (κ1) is 22.0. The second kappa shape index (κ2) is 13.2. The average Bonchev–Trinajstić information content (AvgIpc) is 2.66. The fourth-order valence-electron chi connectivity index (χ4n) is 2.95. The third kappa shape index (κ3) is 8.84. The van der Waals surface area contributed by atoms with Crippen LogP contribution >= 0.6 is 0 Å². The molecule has 2 heteroatoms. The van der Waals surface area contributed by atoms with Gasteiger partial charge < -0.3 is 5.11 Å². The summed E-state index contributed by atoms with van der Waals surface area (Å²) in [6, 6.07) is 19.0. The monoisotopic (exact) mass is 354 g/mol. The first-order valence-electron chi connectivity index (χ1n) is 9.93. The molecule has 0 saturated carbocycles. The molecule has 1 N–H and O–H groups in total. The van der Waals surface area contributed by atoms with E-state index in [0.29, 0.717) is 0 Å². The van der Waals surface area contributed by atoms with Gasteiger partial charge in [0.1, 0.15) is 0 Å². The molecule has 0 saturated heterocycles. The van der Waals surface area contributed by atoms with Crippen molar-refractivity contribution in [3.05, 3.63) is 60.2 Å². The summed E-state index contributed by atoms with van der Waals surface area (Å²) in [7, 11) is 0. The fourth-order valence-corrected chi connectivity index (χ4v) is 2.95. The van der Waals surface area contributed by atoms with Gasteiger partial charge in [0.25, 0.3) is 0 Å². The van der Waals surface area contributed by atoms with Crippen LogP contribution in [0.1, 0.15) is 64.4 Å². The van der Waals surface area contributed by atoms with E-state index in [1.54, 1.807) is 0 Å². The molecule has 2 rings (SSSR count). The van der Waals surface area contributed by atoms with Crippen LogP contribution in [0.15, 0.2) is 54.6 Å². The topological polar surface area (TPSA) is 37.3 Å². The highest BCUT2D eigenvalue weighted by Gasteiger charge is 2.13. The molecule has 0 fully saturated rings. The molecule has 0 bridgehead atoms. The molecule has 2 nitrogen and oxygen atoms in total. The molecule has 0 aromatic heterocycles. The molecule has 0 aliphatic carbocycles. The Labute approximate surface area is 159 Å². The van der Waals surface area contributed by atoms with Crippen molar-refractivity contribution in [2.75, 3.05) is 0 Å². The van der Waals surface area contributed by atoms with Crippen LogP contribution in [0.25, 0.3) is 11.1 Å². The lowest BCUT2D eigenvalue weighted by Crippen LogP contribution is -2.12. The van der Waals surface area contributed by atoms with Gasteiger partial charge in [0.15, 0.2) is 0 Å². The molecule has 1 unspecified atom stereocenters. The Morgan fingerprint density at radius 2 is 1.54 bits per heavy atom. The van der Waals surface area contributed by atoms with E-state index < -0.39 is 5.97 Å². The van der Waals surface area contributed by atoms with Crippen LogP contribution in [-0.4, -0.2) is 11.1 Å². The number of rotatable bonds is 9. The Morgan fingerprint density at radius 1 is 0.885 bits per heavy atom. The molecule has 0 amide bonds. The summed E-state index contributed by atoms with van der Waals surface area (Å²) in [5.41, 5.74) is 3.88. The Morgan fingerprint density at radius 3 is 2.12 bits per heavy atom. The molecule has 0 radical (unpaired) electrons. The largest absolute Gasteiger partial charge is 0.481 e. The highest BCUT2D eigenvalue weighted by atomic mass is 16.4. The van der Waals surface area contributed by atoms with Crippen molar-refractivity contribution in [3.8, 4) is 11.1 Å². The van der Waals surface area contributed by atoms with Crippen LogP contribution in [0.4, 0.5) is 0 Å². The summed E-state index contributed by atoms with van der Waals surface area (Å²) in [6.07, 6.45) is 7.67. The van der Waals surface area contributed by atoms with E-state index in [-0.39, 0.29) is 5.92 Å². The molecule has 2 aromatic rings. The molecule has 0 aliphatic rings. The Hall–Kier alpha value is -2.09. The summed E-state index contributed by atoms with van der Waals surface area (Å²) in [4.78, 5) is 10.7. The van der Waals surface area contributed by atoms with Gasteiger partial charge in [-0.05, 0) is 30.9 Å². The second-order valence-electron chi connectivity index (χ2n) is 6.88. The van der Waals surface area contributed by atoms with Crippen LogP contribution < -0.4 is 0 Å². The lowest BCUT2D eigenvalue weighted by molar-refractivity contribution is -0.142. The molecule has 2 aromatic carbocycles. The van der Waals surface area contributed by atoms with Gasteiger partial charge in [-0.3, -0.25) is 4.79 Å². The van der Waals surface area contributed by atoms with Crippen molar-refractivity contribution in [3.63, 3.8) is 0 Å². The minimum absolute atomic E-state index is 0.110. The van der Waals surface area contributed by atoms with Gasteiger partial charge in [-0.25, -0.2) is 0 Å². The fraction of sp³-hybridized carbons (Fsp3) is 0.458. The van der Waals surface area contributed by atoms with Crippen LogP contribution in [0, 0.1) is 12.8 Å². The van der Waals surface area contributed by atoms with E-state index in [4.69, 9.17) is 5.11 Å². The van der Waals surface area contributed by atoms with Gasteiger partial charge in [-0.2, -0.15) is 0 Å². The molecular formula is C24H34O2. The van der Waals surface area contributed by atoms with Crippen molar-refractivity contribution in [1.29, 1.82) is 0 Å². The number of carboxylic acid groups (broad SMARTS) is 1. The standard InChI is InChI=1S/C13H12.C11H22O2/c1-11-6-5-9-13(10-11)12-7-3-2-4-8-12;1-3-5-6-7-8-9-10(4-2)11(12)13/h2-10H,1H3;10H,3-9H2,1-2H3,(H,12,13). The number of aryl methyl sites for hydroxylation is 1. The number of hydrogen-bond acceptors (Lipinski definition) is 1. The van der Waals surface area contributed by atoms with Crippen molar-refractivity contribution in [2.45, 2.75) is 65.7 Å². The van der Waals surface area contributed by atoms with Gasteiger partial charge in [0.05, 0.1) is 5.92 Å². The van der Waals surface area contributed by atoms with E-state index in [1.165, 1.54) is 42.4 Å². The predicted molar refractivity (Wildman–Crippen MR) is 111 cm³/mol. The number of hydrogen-bond donors (Lipinski definition) is 1. The van der Waals surface area contributed by atoms with Gasteiger partial charge in [0.2, 0.25) is 0 Å². The Kier molecular flexibility index (Phi) is 11.1. The lowest BCUT2D eigenvalue weighted by Gasteiger charge is -2.08. The SMILES string of the molecule is CCCCCCCC(CC)C(=O)O.Cc1cccc(-c2ccccc2)c1. The van der Waals surface area contributed by atoms with Crippen molar-refractivity contribution in [1.82, 2.24) is 0 Å². The summed E-state index contributed by atoms with van der Waals surface area (Å²) in [6.45, 7) is 6.25. The van der Waals surface area contributed by atoms with Crippen LogP contribution in [-0.2, 0) is 4.79 Å². The first-order valence-corrected chi connectivity index (χ1v) is 9.93. The number of carbonyl (C=O) groups is 1. The molecule has 1 atom stereocenters. The molecule has 0 spiro atoms. The Balaban J connectivity index is 0.000000260. The third-order valence-corrected chi connectivity index (χ3v) is 4.62. The highest BCUT2D eigenvalue weighted by Crippen LogP contribution is 2.19. The zero-order chi connectivity index (χ0) is 19.2. The maximum atomic E-state index is 10.7. The summed E-state index contributed by atoms with van der Waals surface area (Å²) >= 11 is 0. The molecule has 26 heavy (non-hydrogen) atoms. The highest BCUT2D eigenvalue weighted by molar-refractivity contribution is 5.69. The number of benzene rings is 2. The zero-order valence-electron chi connectivity index (χ0n) is 16.6. The zero-order valence-corrected chi connectivity index (χ0v) is 16.6. The third-order valence-electron chi connectivity index (χ3n) is 4.62. The first-order chi connectivity index (χ1) is 12.6. The normalized spacial score (nSPS) is 11.3. The van der Waals surface area contributed by atoms with Crippen molar-refractivity contribution < 1.29 is 9.90 Å². The van der Waals surface area contributed by atoms with Crippen molar-refractivity contribution in [2.24, 2.45) is 5.92 Å². The number of carboxylic acids is 1. The van der Waals surface area contributed by atoms with Crippen molar-refractivity contribution >= 4 is 5.97 Å². The minimum Gasteiger partial charge on any atom is -0.481 e. The smallest absolute Gasteiger partial charge is 0.306 e. The molecular weight excluding hydrogens is 320 g/mol. The second-order valence-corrected chi connectivity index (χ2v) is 6.88. The van der Waals surface area contributed by atoms with E-state index in [2.05, 4.69) is 62.4 Å². The Bertz CT molecular complexity index is 619. The van der Waals surface area contributed by atoms with Gasteiger partial charge in [0, 0.05) is 0 Å². The molecule has 0 aliphatic heterocycles. The molecule has 142 valence electrons. The predicted octanol–water partition coefficient (Wildman–Crippen LogP) is 7.12. The maximum absolute atomic E-state index is 10.7. The van der Waals surface area contributed by atoms with Crippen LogP contribution in [0.2, 0.25) is 0 Å². The van der Waals surface area contributed by atoms with E-state index >= 15 is 0 Å². The van der Waals surface area contributed by atoms with E-state index in [9.17, 15) is 4.79 Å². The summed E-state index contributed by atoms with van der Waals surface area (Å²) in [5, 5.41) is 8.78. The minimum atomic E-state index is -0.627. The van der Waals surface area contributed by atoms with Crippen LogP contribution in [0.5, 0.6) is 0 Å². The summed E-state index contributed by atoms with van der Waals surface area (Å²) < 4.78 is 0. The maximum Gasteiger partial charge on any atom is 0.306 e. The lowest BCUT2D eigenvalue weighted by atomic mass is 9.98. The van der Waals surface area contributed by atoms with E-state index in [0.717, 1.165) is 19.3 Å². The molecule has 0 heterocycles. The van der Waals surface area contributed by atoms with E-state index in [1.807, 2.05) is 13.0 Å². The van der Waals surface area contributed by atoms with Crippen LogP contribution in [0.3, 0.4) is 0 Å². The van der Waals surface area contributed by atoms with Gasteiger partial charge >= 0.3 is 5.97 Å². The average molecular weight is 355 g/mol. The van der Waals surface area contributed by atoms with Gasteiger partial charge in [-0.1, -0.05) is 106 Å². The van der Waals surface area contributed by atoms with Gasteiger partial charge in [-0.15, -0.1) is 0 Å².